The second kappa shape index (κ2) is 10.5. The first-order chi connectivity index (χ1) is 13.7. The van der Waals surface area contributed by atoms with Crippen molar-refractivity contribution < 1.29 is 18.1 Å². The topological polar surface area (TPSA) is 60.7 Å². The Morgan fingerprint density at radius 3 is 2.63 bits per heavy atom. The zero-order valence-corrected chi connectivity index (χ0v) is 17.3. The molecule has 1 aliphatic rings. The number of benzene rings is 1. The predicted octanol–water partition coefficient (Wildman–Crippen LogP) is 5.66. The number of hydrogen-bond donors (Lipinski definition) is 3. The van der Waals surface area contributed by atoms with Gasteiger partial charge in [0.15, 0.2) is 0 Å². The van der Waals surface area contributed by atoms with Gasteiger partial charge in [-0.3, -0.25) is 0 Å². The first-order valence-corrected chi connectivity index (χ1v) is 10.7. The third-order valence-corrected chi connectivity index (χ3v) is 6.13. The first-order valence-electron chi connectivity index (χ1n) is 11.8. The summed E-state index contributed by atoms with van der Waals surface area (Å²) in [5, 5.41) is 30.3. The summed E-state index contributed by atoms with van der Waals surface area (Å²) in [5.41, 5.74) is 1.22. The zero-order chi connectivity index (χ0) is 21.6. The summed E-state index contributed by atoms with van der Waals surface area (Å²) in [6.45, 7) is 6.24. The van der Waals surface area contributed by atoms with Gasteiger partial charge in [0.05, 0.1) is 6.10 Å². The van der Waals surface area contributed by atoms with Crippen LogP contribution in [0.4, 0.5) is 0 Å². The molecular weight excluding hydrogens is 336 g/mol. The van der Waals surface area contributed by atoms with Gasteiger partial charge in [0.1, 0.15) is 5.75 Å². The molecule has 27 heavy (non-hydrogen) atoms. The summed E-state index contributed by atoms with van der Waals surface area (Å²) >= 11 is 0. The molecule has 3 nitrogen and oxygen atoms in total. The Morgan fingerprint density at radius 1 is 1.19 bits per heavy atom. The number of hydrogen-bond acceptors (Lipinski definition) is 3. The molecule has 0 bridgehead atoms. The molecule has 1 fully saturated rings. The van der Waals surface area contributed by atoms with Gasteiger partial charge in [-0.05, 0) is 72.9 Å². The zero-order valence-electron chi connectivity index (χ0n) is 19.3. The van der Waals surface area contributed by atoms with Gasteiger partial charge in [-0.2, -0.15) is 0 Å². The molecule has 3 N–H and O–H groups in total. The van der Waals surface area contributed by atoms with Crippen LogP contribution in [0.25, 0.3) is 0 Å². The number of unbranched alkanes of at least 4 members (excludes halogenated alkanes) is 1. The van der Waals surface area contributed by atoms with Crippen molar-refractivity contribution in [3.05, 3.63) is 29.3 Å². The molecule has 2 rings (SSSR count). The lowest BCUT2D eigenvalue weighted by Gasteiger charge is -2.35. The summed E-state index contributed by atoms with van der Waals surface area (Å²) in [7, 11) is 0. The minimum atomic E-state index is -0.562. The second-order valence-electron chi connectivity index (χ2n) is 8.74. The lowest BCUT2D eigenvalue weighted by atomic mass is 9.71. The monoisotopic (exact) mass is 380 g/mol. The molecule has 0 saturated heterocycles. The fraction of sp³-hybridized carbons (Fsp3) is 0.750. The number of aliphatic hydroxyl groups is 2. The molecule has 2 unspecified atom stereocenters. The van der Waals surface area contributed by atoms with E-state index in [4.69, 9.17) is 2.74 Å². The van der Waals surface area contributed by atoms with E-state index in [-0.39, 0.29) is 24.4 Å². The van der Waals surface area contributed by atoms with Crippen molar-refractivity contribution in [1.82, 2.24) is 0 Å². The van der Waals surface area contributed by atoms with Crippen molar-refractivity contribution in [2.75, 3.05) is 6.61 Å². The van der Waals surface area contributed by atoms with Crippen LogP contribution in [0.1, 0.15) is 105 Å². The van der Waals surface area contributed by atoms with E-state index in [1.807, 2.05) is 26.0 Å². The minimum Gasteiger partial charge on any atom is -0.508 e. The van der Waals surface area contributed by atoms with Crippen molar-refractivity contribution in [2.24, 2.45) is 5.92 Å². The summed E-state index contributed by atoms with van der Waals surface area (Å²) in [5.74, 6) is 0.666. The van der Waals surface area contributed by atoms with Gasteiger partial charge in [0.25, 0.3) is 0 Å². The van der Waals surface area contributed by atoms with Crippen molar-refractivity contribution >= 4 is 0 Å². The van der Waals surface area contributed by atoms with Gasteiger partial charge in [-0.15, -0.1) is 0 Å². The Morgan fingerprint density at radius 2 is 1.96 bits per heavy atom. The molecule has 3 heteroatoms. The van der Waals surface area contributed by atoms with E-state index in [1.165, 1.54) is 0 Å². The van der Waals surface area contributed by atoms with E-state index in [9.17, 15) is 15.3 Å². The van der Waals surface area contributed by atoms with Gasteiger partial charge < -0.3 is 15.3 Å². The average Bonchev–Trinajstić information content (AvgIpc) is 2.70. The number of aromatic hydroxyl groups is 1. The summed E-state index contributed by atoms with van der Waals surface area (Å²) < 4.78 is 17.0. The van der Waals surface area contributed by atoms with Crippen molar-refractivity contribution in [1.29, 1.82) is 0 Å². The Kier molecular flexibility index (Phi) is 7.47. The highest BCUT2D eigenvalue weighted by atomic mass is 16.3. The minimum absolute atomic E-state index is 0.0859. The van der Waals surface area contributed by atoms with Crippen molar-refractivity contribution in [2.45, 2.75) is 102 Å². The van der Waals surface area contributed by atoms with Crippen molar-refractivity contribution in [3.63, 3.8) is 0 Å². The molecular formula is C24H40O3. The Balaban J connectivity index is 2.23. The van der Waals surface area contributed by atoms with Crippen LogP contribution in [0, 0.1) is 5.92 Å². The SMILES string of the molecule is [3H]C(CCCC)C([3H])C(C)(C)c1ccc([C@@H]2C[C@H](O)CC[C@H]2CCCO)c(O)c1. The molecule has 0 aromatic heterocycles. The number of rotatable bonds is 10. The van der Waals surface area contributed by atoms with Gasteiger partial charge in [0.2, 0.25) is 0 Å². The van der Waals surface area contributed by atoms with E-state index in [0.29, 0.717) is 12.3 Å². The van der Waals surface area contributed by atoms with Crippen LogP contribution in [0.2, 0.25) is 0 Å². The van der Waals surface area contributed by atoms with E-state index < -0.39 is 18.2 Å². The predicted molar refractivity (Wildman–Crippen MR) is 112 cm³/mol. The lowest BCUT2D eigenvalue weighted by Crippen LogP contribution is -2.27. The molecule has 0 spiro atoms. The maximum atomic E-state index is 10.9. The lowest BCUT2D eigenvalue weighted by molar-refractivity contribution is 0.0879. The molecule has 154 valence electrons. The van der Waals surface area contributed by atoms with Crippen molar-refractivity contribution in [3.8, 4) is 5.75 Å². The molecule has 0 radical (unpaired) electrons. The molecule has 0 heterocycles. The summed E-state index contributed by atoms with van der Waals surface area (Å²) in [6.07, 6.45) is 5.33. The Bertz CT molecular complexity index is 633. The molecule has 1 aromatic carbocycles. The fourth-order valence-electron chi connectivity index (χ4n) is 4.35. The summed E-state index contributed by atoms with van der Waals surface area (Å²) in [4.78, 5) is 0. The molecule has 5 atom stereocenters. The number of phenols is 1. The standard InChI is InChI=1S/C24H40O3/c1-4-5-6-7-14-24(2,3)19-11-13-21(23(27)16-19)22-17-20(26)12-10-18(22)9-8-15-25/h11,13,16,18,20,22,25-27H,4-10,12,14-15,17H2,1-3H3/t18-,20-,22-/m1/s1/i7T,14T/t7?,14?,18-,20-,22-. The first kappa shape index (κ1) is 19.3. The Hall–Kier alpha value is -1.06. The molecule has 1 aromatic rings. The largest absolute Gasteiger partial charge is 0.508 e. The highest BCUT2D eigenvalue weighted by molar-refractivity contribution is 5.42. The van der Waals surface area contributed by atoms with E-state index in [0.717, 1.165) is 56.1 Å². The maximum Gasteiger partial charge on any atom is 0.119 e. The third-order valence-electron chi connectivity index (χ3n) is 6.13. The maximum absolute atomic E-state index is 10.9. The van der Waals surface area contributed by atoms with E-state index >= 15 is 0 Å². The summed E-state index contributed by atoms with van der Waals surface area (Å²) in [6, 6.07) is 5.72. The van der Waals surface area contributed by atoms with Gasteiger partial charge in [0, 0.05) is 9.35 Å². The average molecular weight is 381 g/mol. The van der Waals surface area contributed by atoms with E-state index in [2.05, 4.69) is 6.92 Å². The highest BCUT2D eigenvalue weighted by Crippen LogP contribution is 2.44. The Labute approximate surface area is 168 Å². The second-order valence-corrected chi connectivity index (χ2v) is 8.74. The normalized spacial score (nSPS) is 26.9. The highest BCUT2D eigenvalue weighted by Gasteiger charge is 2.32. The van der Waals surface area contributed by atoms with Crippen LogP contribution in [-0.2, 0) is 5.41 Å². The van der Waals surface area contributed by atoms with Crippen LogP contribution in [0.5, 0.6) is 5.75 Å². The molecule has 1 saturated carbocycles. The molecule has 0 aliphatic heterocycles. The van der Waals surface area contributed by atoms with Gasteiger partial charge in [-0.1, -0.05) is 58.6 Å². The quantitative estimate of drug-likeness (QED) is 0.491. The van der Waals surface area contributed by atoms with E-state index in [1.54, 1.807) is 6.07 Å². The van der Waals surface area contributed by atoms with Crippen LogP contribution in [0.15, 0.2) is 18.2 Å². The fourth-order valence-corrected chi connectivity index (χ4v) is 4.35. The van der Waals surface area contributed by atoms with Gasteiger partial charge >= 0.3 is 0 Å². The van der Waals surface area contributed by atoms with Crippen LogP contribution in [0.3, 0.4) is 0 Å². The molecule has 0 amide bonds. The van der Waals surface area contributed by atoms with Crippen LogP contribution >= 0.6 is 0 Å². The molecule has 1 aliphatic carbocycles. The van der Waals surface area contributed by atoms with Crippen LogP contribution in [-0.4, -0.2) is 28.0 Å². The number of aliphatic hydroxyl groups excluding tert-OH is 2. The smallest absolute Gasteiger partial charge is 0.119 e. The third kappa shape index (κ3) is 6.22. The number of phenolic OH excluding ortho intramolecular Hbond substituents is 1. The van der Waals surface area contributed by atoms with Crippen LogP contribution < -0.4 is 0 Å². The van der Waals surface area contributed by atoms with Gasteiger partial charge in [-0.25, -0.2) is 0 Å².